The van der Waals surface area contributed by atoms with Crippen LogP contribution in [0.5, 0.6) is 0 Å². The van der Waals surface area contributed by atoms with Gasteiger partial charge in [-0.1, -0.05) is 17.7 Å². The zero-order chi connectivity index (χ0) is 14.7. The van der Waals surface area contributed by atoms with Gasteiger partial charge in [0, 0.05) is 26.2 Å². The summed E-state index contributed by atoms with van der Waals surface area (Å²) in [5, 5.41) is 10.6. The molecule has 1 unspecified atom stereocenters. The average molecular weight is 277 g/mol. The van der Waals surface area contributed by atoms with Crippen molar-refractivity contribution in [2.75, 3.05) is 26.8 Å². The molecule has 1 saturated carbocycles. The monoisotopic (exact) mass is 277 g/mol. The molecule has 0 aliphatic heterocycles. The third-order valence-electron chi connectivity index (χ3n) is 4.12. The second kappa shape index (κ2) is 6.70. The summed E-state index contributed by atoms with van der Waals surface area (Å²) in [6, 6.07) is 4.95. The molecule has 20 heavy (non-hydrogen) atoms. The van der Waals surface area contributed by atoms with Gasteiger partial charge in [-0.25, -0.2) is 0 Å². The zero-order valence-electron chi connectivity index (χ0n) is 13.1. The van der Waals surface area contributed by atoms with Gasteiger partial charge in [0.25, 0.3) is 0 Å². The molecule has 1 aromatic carbocycles. The number of aliphatic hydroxyl groups is 1. The lowest BCUT2D eigenvalue weighted by Crippen LogP contribution is -2.34. The van der Waals surface area contributed by atoms with E-state index in [1.807, 2.05) is 0 Å². The lowest BCUT2D eigenvalue weighted by atomic mass is 9.95. The Balaban J connectivity index is 2.08. The number of aryl methyl sites for hydroxylation is 3. The van der Waals surface area contributed by atoms with Crippen LogP contribution in [0, 0.1) is 20.8 Å². The van der Waals surface area contributed by atoms with Crippen molar-refractivity contribution in [3.8, 4) is 0 Å². The first-order valence-electron chi connectivity index (χ1n) is 7.51. The predicted octanol–water partition coefficient (Wildman–Crippen LogP) is 2.76. The second-order valence-electron chi connectivity index (χ2n) is 6.05. The minimum absolute atomic E-state index is 0.409. The van der Waals surface area contributed by atoms with Crippen LogP contribution in [0.1, 0.15) is 41.2 Å². The van der Waals surface area contributed by atoms with E-state index in [1.54, 1.807) is 7.11 Å². The van der Waals surface area contributed by atoms with E-state index in [0.717, 1.165) is 18.7 Å². The fourth-order valence-electron chi connectivity index (χ4n) is 3.10. The first-order valence-corrected chi connectivity index (χ1v) is 7.51. The Hall–Kier alpha value is -0.900. The Morgan fingerprint density at radius 2 is 1.85 bits per heavy atom. The van der Waals surface area contributed by atoms with Crippen molar-refractivity contribution in [2.45, 2.75) is 45.8 Å². The largest absolute Gasteiger partial charge is 0.387 e. The Morgan fingerprint density at radius 1 is 1.25 bits per heavy atom. The molecular formula is C17H27NO2. The summed E-state index contributed by atoms with van der Waals surface area (Å²) in [6.07, 6.45) is 2.10. The van der Waals surface area contributed by atoms with E-state index in [9.17, 15) is 5.11 Å². The molecule has 0 amide bonds. The predicted molar refractivity (Wildman–Crippen MR) is 82.1 cm³/mol. The van der Waals surface area contributed by atoms with Crippen LogP contribution < -0.4 is 0 Å². The fraction of sp³-hybridized carbons (Fsp3) is 0.647. The van der Waals surface area contributed by atoms with E-state index in [4.69, 9.17) is 4.74 Å². The Labute approximate surface area is 122 Å². The molecule has 1 N–H and O–H groups in total. The van der Waals surface area contributed by atoms with E-state index in [2.05, 4.69) is 37.8 Å². The van der Waals surface area contributed by atoms with Gasteiger partial charge in [0.2, 0.25) is 0 Å². The maximum Gasteiger partial charge on any atom is 0.0922 e. The van der Waals surface area contributed by atoms with E-state index in [1.165, 1.54) is 29.5 Å². The smallest absolute Gasteiger partial charge is 0.0922 e. The van der Waals surface area contributed by atoms with Crippen molar-refractivity contribution >= 4 is 0 Å². The van der Waals surface area contributed by atoms with Crippen molar-refractivity contribution < 1.29 is 9.84 Å². The standard InChI is InChI=1S/C17H27NO2/c1-12-9-13(2)17(14(3)10-12)16(19)11-18(7-8-20-4)15-5-6-15/h9-10,15-16,19H,5-8,11H2,1-4H3. The van der Waals surface area contributed by atoms with Gasteiger partial charge in [-0.15, -0.1) is 0 Å². The third kappa shape index (κ3) is 3.81. The number of rotatable bonds is 7. The van der Waals surface area contributed by atoms with Crippen LogP contribution in [-0.4, -0.2) is 42.9 Å². The third-order valence-corrected chi connectivity index (χ3v) is 4.12. The second-order valence-corrected chi connectivity index (χ2v) is 6.05. The van der Waals surface area contributed by atoms with Crippen LogP contribution in [0.4, 0.5) is 0 Å². The van der Waals surface area contributed by atoms with Crippen LogP contribution in [-0.2, 0) is 4.74 Å². The summed E-state index contributed by atoms with van der Waals surface area (Å²) in [7, 11) is 1.73. The summed E-state index contributed by atoms with van der Waals surface area (Å²) in [5.74, 6) is 0. The fourth-order valence-corrected chi connectivity index (χ4v) is 3.10. The molecule has 112 valence electrons. The minimum Gasteiger partial charge on any atom is -0.387 e. The first kappa shape index (κ1) is 15.5. The molecule has 0 radical (unpaired) electrons. The number of benzene rings is 1. The van der Waals surface area contributed by atoms with Gasteiger partial charge in [0.05, 0.1) is 12.7 Å². The summed E-state index contributed by atoms with van der Waals surface area (Å²) in [6.45, 7) is 8.63. The maximum absolute atomic E-state index is 10.6. The van der Waals surface area contributed by atoms with Crippen molar-refractivity contribution in [3.63, 3.8) is 0 Å². The lowest BCUT2D eigenvalue weighted by molar-refractivity contribution is 0.0839. The van der Waals surface area contributed by atoms with Crippen LogP contribution in [0.3, 0.4) is 0 Å². The van der Waals surface area contributed by atoms with Crippen molar-refractivity contribution in [2.24, 2.45) is 0 Å². The molecule has 1 aliphatic carbocycles. The number of hydrogen-bond acceptors (Lipinski definition) is 3. The van der Waals surface area contributed by atoms with Crippen LogP contribution in [0.2, 0.25) is 0 Å². The number of aliphatic hydroxyl groups excluding tert-OH is 1. The van der Waals surface area contributed by atoms with Crippen LogP contribution in [0.15, 0.2) is 12.1 Å². The quantitative estimate of drug-likeness (QED) is 0.832. The SMILES string of the molecule is COCCN(CC(O)c1c(C)cc(C)cc1C)C1CC1. The molecule has 1 aliphatic rings. The highest BCUT2D eigenvalue weighted by Gasteiger charge is 2.30. The Morgan fingerprint density at radius 3 is 2.35 bits per heavy atom. The number of hydrogen-bond donors (Lipinski definition) is 1. The van der Waals surface area contributed by atoms with Gasteiger partial charge in [-0.2, -0.15) is 0 Å². The number of nitrogens with zero attached hydrogens (tertiary/aromatic N) is 1. The van der Waals surface area contributed by atoms with Gasteiger partial charge in [0.1, 0.15) is 0 Å². The van der Waals surface area contributed by atoms with Gasteiger partial charge < -0.3 is 9.84 Å². The van der Waals surface area contributed by atoms with E-state index < -0.39 is 6.10 Å². The molecule has 0 spiro atoms. The molecule has 1 fully saturated rings. The molecule has 1 atom stereocenters. The number of methoxy groups -OCH3 is 1. The molecule has 0 saturated heterocycles. The molecule has 0 heterocycles. The molecule has 3 nitrogen and oxygen atoms in total. The van der Waals surface area contributed by atoms with Gasteiger partial charge in [0.15, 0.2) is 0 Å². The Bertz CT molecular complexity index is 431. The topological polar surface area (TPSA) is 32.7 Å². The van der Waals surface area contributed by atoms with Crippen molar-refractivity contribution in [1.82, 2.24) is 4.90 Å². The molecule has 3 heteroatoms. The minimum atomic E-state index is -0.409. The molecular weight excluding hydrogens is 250 g/mol. The summed E-state index contributed by atoms with van der Waals surface area (Å²) in [5.41, 5.74) is 4.74. The number of ether oxygens (including phenoxy) is 1. The van der Waals surface area contributed by atoms with Gasteiger partial charge >= 0.3 is 0 Å². The molecule has 0 bridgehead atoms. The molecule has 2 rings (SSSR count). The van der Waals surface area contributed by atoms with Gasteiger partial charge in [-0.05, 0) is 50.3 Å². The van der Waals surface area contributed by atoms with Crippen LogP contribution in [0.25, 0.3) is 0 Å². The highest BCUT2D eigenvalue weighted by Crippen LogP contribution is 2.30. The van der Waals surface area contributed by atoms with Gasteiger partial charge in [-0.3, -0.25) is 4.90 Å². The highest BCUT2D eigenvalue weighted by molar-refractivity contribution is 5.39. The zero-order valence-corrected chi connectivity index (χ0v) is 13.1. The van der Waals surface area contributed by atoms with E-state index >= 15 is 0 Å². The summed E-state index contributed by atoms with van der Waals surface area (Å²) >= 11 is 0. The van der Waals surface area contributed by atoms with Crippen LogP contribution >= 0.6 is 0 Å². The van der Waals surface area contributed by atoms with Crippen molar-refractivity contribution in [1.29, 1.82) is 0 Å². The summed E-state index contributed by atoms with van der Waals surface area (Å²) < 4.78 is 5.18. The normalized spacial score (nSPS) is 16.7. The maximum atomic E-state index is 10.6. The highest BCUT2D eigenvalue weighted by atomic mass is 16.5. The lowest BCUT2D eigenvalue weighted by Gasteiger charge is -2.26. The molecule has 0 aromatic heterocycles. The first-order chi connectivity index (χ1) is 9.52. The van der Waals surface area contributed by atoms with E-state index in [0.29, 0.717) is 12.6 Å². The molecule has 1 aromatic rings. The van der Waals surface area contributed by atoms with Crippen molar-refractivity contribution in [3.05, 3.63) is 34.4 Å². The van der Waals surface area contributed by atoms with E-state index in [-0.39, 0.29) is 0 Å². The average Bonchev–Trinajstić information content (AvgIpc) is 3.17. The Kier molecular flexibility index (Phi) is 5.19. The summed E-state index contributed by atoms with van der Waals surface area (Å²) in [4.78, 5) is 2.37.